The maximum absolute atomic E-state index is 12.4. The summed E-state index contributed by atoms with van der Waals surface area (Å²) in [5, 5.41) is 71.7. The fourth-order valence-corrected chi connectivity index (χ4v) is 6.06. The summed E-state index contributed by atoms with van der Waals surface area (Å²) in [6.45, 7) is 5.76. The van der Waals surface area contributed by atoms with Crippen molar-refractivity contribution in [3.05, 3.63) is 0 Å². The molecule has 3 fully saturated rings. The van der Waals surface area contributed by atoms with E-state index < -0.39 is 91.5 Å². The van der Waals surface area contributed by atoms with E-state index in [9.17, 15) is 45.3 Å². The number of Topliss-reactive ketones (excluding diaryl/α,β-unsaturated/α-hetero) is 2. The minimum Gasteiger partial charge on any atom is -0.396 e. The zero-order valence-electron chi connectivity index (χ0n) is 22.4. The second-order valence-electron chi connectivity index (χ2n) is 11.5. The molecule has 0 aromatic rings. The fourth-order valence-electron chi connectivity index (χ4n) is 6.06. The van der Waals surface area contributed by atoms with Crippen molar-refractivity contribution in [1.82, 2.24) is 0 Å². The molecular formula is C26H44O12. The van der Waals surface area contributed by atoms with Gasteiger partial charge in [-0.1, -0.05) is 13.8 Å². The number of carbonyl (C=O) groups is 2. The van der Waals surface area contributed by atoms with Crippen molar-refractivity contribution in [2.24, 2.45) is 23.7 Å². The Morgan fingerprint density at radius 3 is 1.84 bits per heavy atom. The standard InChI is InChI=1S/C26H44O12/c1-10(2)26-25(35)24(34)22(32)19(38-26)9-36-16-6-14(11(3)28)15(12(4)29)7-17(16)37-18-5-13(8-27)20(30)23(33)21(18)31/h10,13-27,30-35H,5-9H2,1-4H3. The first-order valence-corrected chi connectivity index (χ1v) is 13.4. The second kappa shape index (κ2) is 13.1. The van der Waals surface area contributed by atoms with Crippen LogP contribution < -0.4 is 0 Å². The van der Waals surface area contributed by atoms with Crippen LogP contribution in [0.4, 0.5) is 0 Å². The number of ketones is 2. The average molecular weight is 549 g/mol. The lowest BCUT2D eigenvalue weighted by molar-refractivity contribution is -0.253. The van der Waals surface area contributed by atoms with Crippen LogP contribution in [-0.4, -0.2) is 128 Å². The van der Waals surface area contributed by atoms with Crippen molar-refractivity contribution in [1.29, 1.82) is 0 Å². The molecule has 3 rings (SSSR count). The molecule has 1 saturated heterocycles. The Kier molecular flexibility index (Phi) is 10.8. The van der Waals surface area contributed by atoms with E-state index in [0.717, 1.165) is 0 Å². The van der Waals surface area contributed by atoms with Crippen molar-refractivity contribution in [3.8, 4) is 0 Å². The Labute approximate surface area is 222 Å². The first-order valence-electron chi connectivity index (χ1n) is 13.4. The molecule has 0 aromatic heterocycles. The molecule has 12 heteroatoms. The van der Waals surface area contributed by atoms with Gasteiger partial charge in [-0.25, -0.2) is 0 Å². The van der Waals surface area contributed by atoms with Crippen LogP contribution in [0.25, 0.3) is 0 Å². The lowest BCUT2D eigenvalue weighted by Crippen LogP contribution is -2.60. The van der Waals surface area contributed by atoms with Gasteiger partial charge < -0.3 is 50.0 Å². The number of hydrogen-bond donors (Lipinski definition) is 7. The maximum Gasteiger partial charge on any atom is 0.133 e. The summed E-state index contributed by atoms with van der Waals surface area (Å²) in [4.78, 5) is 24.8. The third kappa shape index (κ3) is 6.63. The van der Waals surface area contributed by atoms with Crippen LogP contribution in [-0.2, 0) is 23.8 Å². The highest BCUT2D eigenvalue weighted by Gasteiger charge is 2.49. The smallest absolute Gasteiger partial charge is 0.133 e. The Hall–Kier alpha value is -1.06. The van der Waals surface area contributed by atoms with Gasteiger partial charge in [0.25, 0.3) is 0 Å². The molecular weight excluding hydrogens is 504 g/mol. The molecule has 2 saturated carbocycles. The van der Waals surface area contributed by atoms with E-state index >= 15 is 0 Å². The fraction of sp³-hybridized carbons (Fsp3) is 0.923. The van der Waals surface area contributed by atoms with Gasteiger partial charge in [-0.15, -0.1) is 0 Å². The summed E-state index contributed by atoms with van der Waals surface area (Å²) in [6.07, 6.45) is -12.5. The molecule has 2 aliphatic carbocycles. The van der Waals surface area contributed by atoms with Crippen LogP contribution in [0.3, 0.4) is 0 Å². The summed E-state index contributed by atoms with van der Waals surface area (Å²) in [7, 11) is 0. The van der Waals surface area contributed by atoms with E-state index in [1.54, 1.807) is 13.8 Å². The van der Waals surface area contributed by atoms with Crippen molar-refractivity contribution in [2.45, 2.75) is 114 Å². The first-order chi connectivity index (χ1) is 17.8. The van der Waals surface area contributed by atoms with Gasteiger partial charge in [0.15, 0.2) is 0 Å². The highest BCUT2D eigenvalue weighted by atomic mass is 16.6. The molecule has 1 heterocycles. The molecule has 0 bridgehead atoms. The Morgan fingerprint density at radius 2 is 1.32 bits per heavy atom. The van der Waals surface area contributed by atoms with Crippen LogP contribution in [0.2, 0.25) is 0 Å². The lowest BCUT2D eigenvalue weighted by Gasteiger charge is -2.46. The van der Waals surface area contributed by atoms with E-state index in [2.05, 4.69) is 0 Å². The van der Waals surface area contributed by atoms with E-state index in [1.165, 1.54) is 13.8 Å². The minimum atomic E-state index is -1.55. The van der Waals surface area contributed by atoms with Crippen molar-refractivity contribution >= 4 is 11.6 Å². The summed E-state index contributed by atoms with van der Waals surface area (Å²) in [5.41, 5.74) is 0. The van der Waals surface area contributed by atoms with Crippen molar-refractivity contribution in [2.75, 3.05) is 13.2 Å². The summed E-state index contributed by atoms with van der Waals surface area (Å²) in [6, 6.07) is 0. The molecule has 14 unspecified atom stereocenters. The Morgan fingerprint density at radius 1 is 0.763 bits per heavy atom. The van der Waals surface area contributed by atoms with Crippen LogP contribution >= 0.6 is 0 Å². The van der Waals surface area contributed by atoms with E-state index in [4.69, 9.17) is 14.2 Å². The minimum absolute atomic E-state index is 0.0462. The molecule has 7 N–H and O–H groups in total. The van der Waals surface area contributed by atoms with E-state index in [1.807, 2.05) is 0 Å². The molecule has 220 valence electrons. The van der Waals surface area contributed by atoms with Crippen LogP contribution in [0.1, 0.15) is 47.0 Å². The molecule has 14 atom stereocenters. The van der Waals surface area contributed by atoms with Gasteiger partial charge in [0.1, 0.15) is 48.2 Å². The third-order valence-corrected chi connectivity index (χ3v) is 8.48. The van der Waals surface area contributed by atoms with Gasteiger partial charge in [0.05, 0.1) is 37.1 Å². The highest BCUT2D eigenvalue weighted by Crippen LogP contribution is 2.38. The molecule has 0 aromatic carbocycles. The number of aliphatic hydroxyl groups excluding tert-OH is 7. The van der Waals surface area contributed by atoms with Crippen molar-refractivity contribution in [3.63, 3.8) is 0 Å². The number of carbonyl (C=O) groups excluding carboxylic acids is 2. The topological polar surface area (TPSA) is 203 Å². The van der Waals surface area contributed by atoms with Gasteiger partial charge in [-0.05, 0) is 39.0 Å². The van der Waals surface area contributed by atoms with E-state index in [0.29, 0.717) is 0 Å². The average Bonchev–Trinajstić information content (AvgIpc) is 2.86. The second-order valence-corrected chi connectivity index (χ2v) is 11.5. The zero-order valence-corrected chi connectivity index (χ0v) is 22.4. The van der Waals surface area contributed by atoms with Crippen LogP contribution in [0.15, 0.2) is 0 Å². The van der Waals surface area contributed by atoms with Gasteiger partial charge >= 0.3 is 0 Å². The zero-order chi connectivity index (χ0) is 28.5. The molecule has 0 amide bonds. The lowest BCUT2D eigenvalue weighted by atomic mass is 9.72. The molecule has 12 nitrogen and oxygen atoms in total. The maximum atomic E-state index is 12.4. The van der Waals surface area contributed by atoms with Gasteiger partial charge in [0, 0.05) is 24.4 Å². The largest absolute Gasteiger partial charge is 0.396 e. The van der Waals surface area contributed by atoms with Crippen LogP contribution in [0, 0.1) is 23.7 Å². The number of rotatable bonds is 9. The van der Waals surface area contributed by atoms with E-state index in [-0.39, 0.29) is 43.4 Å². The Bertz CT molecular complexity index is 805. The molecule has 0 spiro atoms. The third-order valence-electron chi connectivity index (χ3n) is 8.48. The van der Waals surface area contributed by atoms with Crippen molar-refractivity contribution < 1.29 is 59.5 Å². The first kappa shape index (κ1) is 31.5. The predicted octanol–water partition coefficient (Wildman–Crippen LogP) is -2.07. The SMILES string of the molecule is CC(=O)C1CC(OCC2OC(C(C)C)C(O)C(O)C2O)C(OC2CC(CO)C(O)C(O)C2O)CC1C(C)=O. The Balaban J connectivity index is 1.80. The molecule has 3 aliphatic rings. The van der Waals surface area contributed by atoms with Gasteiger partial charge in [-0.2, -0.15) is 0 Å². The predicted molar refractivity (Wildman–Crippen MR) is 131 cm³/mol. The quantitative estimate of drug-likeness (QED) is 0.166. The summed E-state index contributed by atoms with van der Waals surface area (Å²) < 4.78 is 18.1. The van der Waals surface area contributed by atoms with Gasteiger partial charge in [0.2, 0.25) is 0 Å². The van der Waals surface area contributed by atoms with Crippen LogP contribution in [0.5, 0.6) is 0 Å². The molecule has 38 heavy (non-hydrogen) atoms. The highest BCUT2D eigenvalue weighted by molar-refractivity contribution is 5.87. The number of hydrogen-bond acceptors (Lipinski definition) is 12. The molecule has 1 aliphatic heterocycles. The summed E-state index contributed by atoms with van der Waals surface area (Å²) in [5.74, 6) is -2.58. The number of ether oxygens (including phenoxy) is 3. The number of aliphatic hydroxyl groups is 7. The monoisotopic (exact) mass is 548 g/mol. The van der Waals surface area contributed by atoms with Gasteiger partial charge in [-0.3, -0.25) is 9.59 Å². The summed E-state index contributed by atoms with van der Waals surface area (Å²) >= 11 is 0. The molecule has 0 radical (unpaired) electrons. The normalized spacial score (nSPS) is 46.2.